The van der Waals surface area contributed by atoms with Crippen LogP contribution in [0.1, 0.15) is 27.2 Å². The van der Waals surface area contributed by atoms with Crippen molar-refractivity contribution >= 4 is 11.9 Å². The molecule has 0 radical (unpaired) electrons. The highest BCUT2D eigenvalue weighted by molar-refractivity contribution is 6.02. The van der Waals surface area contributed by atoms with Gasteiger partial charge in [0.15, 0.2) is 0 Å². The van der Waals surface area contributed by atoms with Gasteiger partial charge < -0.3 is 10.4 Å². The Hall–Kier alpha value is -1.84. The molecule has 0 spiro atoms. The van der Waals surface area contributed by atoms with Crippen molar-refractivity contribution in [2.24, 2.45) is 0 Å². The average Bonchev–Trinajstić information content (AvgIpc) is 2.57. The molecule has 1 heterocycles. The normalized spacial score (nSPS) is 23.0. The van der Waals surface area contributed by atoms with E-state index in [1.807, 2.05) is 13.8 Å². The van der Waals surface area contributed by atoms with Crippen LogP contribution < -0.4 is 5.32 Å². The number of rotatable bonds is 3. The van der Waals surface area contributed by atoms with E-state index in [0.29, 0.717) is 5.57 Å². The molecule has 4 heteroatoms. The Bertz CT molecular complexity index is 367. The lowest BCUT2D eigenvalue weighted by Crippen LogP contribution is -2.28. The van der Waals surface area contributed by atoms with E-state index in [9.17, 15) is 9.59 Å². The minimum atomic E-state index is -0.931. The van der Waals surface area contributed by atoms with Gasteiger partial charge >= 0.3 is 5.97 Å². The number of carboxylic acid groups (broad SMARTS) is 1. The number of amides is 1. The molecule has 0 aromatic heterocycles. The second-order valence-corrected chi connectivity index (χ2v) is 3.18. The van der Waals surface area contributed by atoms with Crippen molar-refractivity contribution < 1.29 is 14.7 Å². The van der Waals surface area contributed by atoms with Crippen LogP contribution in [-0.2, 0) is 9.59 Å². The van der Waals surface area contributed by atoms with Crippen molar-refractivity contribution in [3.05, 3.63) is 36.0 Å². The third-order valence-electron chi connectivity index (χ3n) is 2.21. The maximum absolute atomic E-state index is 11.5. The van der Waals surface area contributed by atoms with Crippen LogP contribution in [0.15, 0.2) is 36.0 Å². The van der Waals surface area contributed by atoms with Gasteiger partial charge in [0.2, 0.25) is 0 Å². The highest BCUT2D eigenvalue weighted by Gasteiger charge is 2.32. The second-order valence-electron chi connectivity index (χ2n) is 3.18. The number of hydrogen-bond donors (Lipinski definition) is 2. The molecule has 0 bridgehead atoms. The first-order valence-corrected chi connectivity index (χ1v) is 5.62. The van der Waals surface area contributed by atoms with Crippen molar-refractivity contribution in [2.75, 3.05) is 0 Å². The topological polar surface area (TPSA) is 66.4 Å². The zero-order valence-electron chi connectivity index (χ0n) is 10.5. The van der Waals surface area contributed by atoms with E-state index in [-0.39, 0.29) is 12.3 Å². The van der Waals surface area contributed by atoms with E-state index < -0.39 is 12.0 Å². The van der Waals surface area contributed by atoms with Crippen LogP contribution in [0, 0.1) is 0 Å². The van der Waals surface area contributed by atoms with Gasteiger partial charge in [0, 0.05) is 5.57 Å². The van der Waals surface area contributed by atoms with Gasteiger partial charge in [0.25, 0.3) is 5.91 Å². The van der Waals surface area contributed by atoms with Crippen LogP contribution in [0.25, 0.3) is 0 Å². The Balaban J connectivity index is 0.00000121. The van der Waals surface area contributed by atoms with Crippen LogP contribution in [-0.4, -0.2) is 23.0 Å². The Kier molecular flexibility index (Phi) is 6.63. The van der Waals surface area contributed by atoms with Crippen molar-refractivity contribution in [3.63, 3.8) is 0 Å². The first-order chi connectivity index (χ1) is 8.10. The fourth-order valence-electron chi connectivity index (χ4n) is 1.61. The smallest absolute Gasteiger partial charge is 0.305 e. The van der Waals surface area contributed by atoms with Gasteiger partial charge in [-0.05, 0) is 18.6 Å². The third-order valence-corrected chi connectivity index (χ3v) is 2.21. The number of allylic oxidation sites excluding steroid dienone is 3. The molecule has 1 unspecified atom stereocenters. The molecule has 17 heavy (non-hydrogen) atoms. The summed E-state index contributed by atoms with van der Waals surface area (Å²) in [4.78, 5) is 22.0. The van der Waals surface area contributed by atoms with E-state index in [1.54, 1.807) is 19.1 Å². The van der Waals surface area contributed by atoms with E-state index in [0.717, 1.165) is 5.57 Å². The maximum atomic E-state index is 11.5. The van der Waals surface area contributed by atoms with E-state index in [4.69, 9.17) is 5.11 Å². The number of carbonyl (C=O) groups excluding carboxylic acids is 1. The highest BCUT2D eigenvalue weighted by Crippen LogP contribution is 2.24. The van der Waals surface area contributed by atoms with Crippen LogP contribution in [0.2, 0.25) is 0 Å². The number of nitrogens with one attached hydrogen (secondary N) is 1. The zero-order chi connectivity index (χ0) is 13.4. The summed E-state index contributed by atoms with van der Waals surface area (Å²) in [6.07, 6.45) is 4.76. The summed E-state index contributed by atoms with van der Waals surface area (Å²) in [7, 11) is 0. The lowest BCUT2D eigenvalue weighted by Gasteiger charge is -2.07. The van der Waals surface area contributed by atoms with Crippen LogP contribution in [0.3, 0.4) is 0 Å². The monoisotopic (exact) mass is 237 g/mol. The van der Waals surface area contributed by atoms with Gasteiger partial charge in [-0.1, -0.05) is 32.6 Å². The zero-order valence-corrected chi connectivity index (χ0v) is 10.5. The van der Waals surface area contributed by atoms with Gasteiger partial charge in [0.1, 0.15) is 0 Å². The molecule has 1 aliphatic rings. The number of carboxylic acids is 1. The van der Waals surface area contributed by atoms with Gasteiger partial charge in [-0.15, -0.1) is 0 Å². The molecular formula is C13H19NO3. The largest absolute Gasteiger partial charge is 0.481 e. The van der Waals surface area contributed by atoms with Gasteiger partial charge in [-0.3, -0.25) is 9.59 Å². The molecule has 1 saturated heterocycles. The van der Waals surface area contributed by atoms with Crippen molar-refractivity contribution in [1.82, 2.24) is 5.32 Å². The lowest BCUT2D eigenvalue weighted by atomic mass is 10.0. The fourth-order valence-corrected chi connectivity index (χ4v) is 1.61. The first-order valence-electron chi connectivity index (χ1n) is 5.62. The number of hydrogen-bond acceptors (Lipinski definition) is 2. The molecule has 2 N–H and O–H groups in total. The number of aliphatic carboxylic acids is 1. The van der Waals surface area contributed by atoms with E-state index in [1.165, 1.54) is 6.08 Å². The molecule has 0 aliphatic carbocycles. The Labute approximate surface area is 102 Å². The Morgan fingerprint density at radius 2 is 2.12 bits per heavy atom. The van der Waals surface area contributed by atoms with Gasteiger partial charge in [-0.2, -0.15) is 0 Å². The second kappa shape index (κ2) is 7.44. The Morgan fingerprint density at radius 3 is 2.53 bits per heavy atom. The summed E-state index contributed by atoms with van der Waals surface area (Å²) in [6.45, 7) is 9.29. The lowest BCUT2D eigenvalue weighted by molar-refractivity contribution is -0.137. The van der Waals surface area contributed by atoms with Crippen LogP contribution >= 0.6 is 0 Å². The molecule has 4 nitrogen and oxygen atoms in total. The first kappa shape index (κ1) is 15.2. The summed E-state index contributed by atoms with van der Waals surface area (Å²) in [5, 5.41) is 11.3. The summed E-state index contributed by atoms with van der Waals surface area (Å²) < 4.78 is 0. The van der Waals surface area contributed by atoms with E-state index >= 15 is 0 Å². The molecule has 1 rings (SSSR count). The van der Waals surface area contributed by atoms with Crippen molar-refractivity contribution in [3.8, 4) is 0 Å². The molecule has 94 valence electrons. The summed E-state index contributed by atoms with van der Waals surface area (Å²) >= 11 is 0. The predicted octanol–water partition coefficient (Wildman–Crippen LogP) is 2.04. The quantitative estimate of drug-likeness (QED) is 0.738. The molecule has 1 atom stereocenters. The molecule has 0 saturated carbocycles. The summed E-state index contributed by atoms with van der Waals surface area (Å²) in [5.74, 6) is -1.17. The molecule has 0 aromatic rings. The number of carbonyl (C=O) groups is 2. The molecule has 1 amide bonds. The SMILES string of the molecule is C=C/C=C1/C(=O)NC(CC(=O)O)/C1=C/C.CC. The highest BCUT2D eigenvalue weighted by atomic mass is 16.4. The summed E-state index contributed by atoms with van der Waals surface area (Å²) in [6, 6.07) is -0.425. The van der Waals surface area contributed by atoms with Crippen LogP contribution in [0.4, 0.5) is 0 Å². The minimum Gasteiger partial charge on any atom is -0.481 e. The Morgan fingerprint density at radius 1 is 1.53 bits per heavy atom. The summed E-state index contributed by atoms with van der Waals surface area (Å²) in [5.41, 5.74) is 1.22. The fraction of sp³-hybridized carbons (Fsp3) is 0.385. The van der Waals surface area contributed by atoms with Gasteiger partial charge in [0.05, 0.1) is 12.5 Å². The molecule has 1 fully saturated rings. The van der Waals surface area contributed by atoms with Crippen molar-refractivity contribution in [1.29, 1.82) is 0 Å². The molecular weight excluding hydrogens is 218 g/mol. The van der Waals surface area contributed by atoms with Crippen molar-refractivity contribution in [2.45, 2.75) is 33.2 Å². The molecule has 1 aliphatic heterocycles. The average molecular weight is 237 g/mol. The van der Waals surface area contributed by atoms with Gasteiger partial charge in [-0.25, -0.2) is 0 Å². The standard InChI is InChI=1S/C11H13NO3.C2H6/c1-3-5-8-7(4-2)9(6-10(13)14)12-11(8)15;1-2/h3-5,9H,1,6H2,2H3,(H,12,15)(H,13,14);1-2H3/b7-4+,8-5+;. The maximum Gasteiger partial charge on any atom is 0.305 e. The van der Waals surface area contributed by atoms with Crippen LogP contribution in [0.5, 0.6) is 0 Å². The molecule has 0 aromatic carbocycles. The minimum absolute atomic E-state index is 0.0973. The predicted molar refractivity (Wildman–Crippen MR) is 67.6 cm³/mol. The third kappa shape index (κ3) is 3.90. The van der Waals surface area contributed by atoms with E-state index in [2.05, 4.69) is 11.9 Å².